The van der Waals surface area contributed by atoms with Gasteiger partial charge in [0.15, 0.2) is 0 Å². The lowest BCUT2D eigenvalue weighted by atomic mass is 9.94. The largest absolute Gasteiger partial charge is 0.0648 e. The maximum Gasteiger partial charge on any atom is -0.0222 e. The molecule has 0 saturated heterocycles. The monoisotopic (exact) mass is 160 g/mol. The quantitative estimate of drug-likeness (QED) is 0.635. The van der Waals surface area contributed by atoms with E-state index in [1.807, 2.05) is 0 Å². The molecule has 1 aromatic carbocycles. The highest BCUT2D eigenvalue weighted by Gasteiger charge is 2.40. The van der Waals surface area contributed by atoms with Crippen LogP contribution in [0.25, 0.3) is 0 Å². The Hall–Kier alpha value is -0.780. The van der Waals surface area contributed by atoms with Gasteiger partial charge in [0.1, 0.15) is 0 Å². The summed E-state index contributed by atoms with van der Waals surface area (Å²) < 4.78 is 0. The first-order valence-electron chi connectivity index (χ1n) is 4.89. The minimum atomic E-state index is 0.696. The van der Waals surface area contributed by atoms with Gasteiger partial charge in [0.25, 0.3) is 0 Å². The van der Waals surface area contributed by atoms with Crippen LogP contribution < -0.4 is 0 Å². The van der Waals surface area contributed by atoms with Crippen LogP contribution in [0.3, 0.4) is 0 Å². The van der Waals surface area contributed by atoms with E-state index in [0.717, 1.165) is 0 Å². The summed E-state index contributed by atoms with van der Waals surface area (Å²) >= 11 is 0. The molecule has 1 aliphatic carbocycles. The predicted octanol–water partition coefficient (Wildman–Crippen LogP) is 3.42. The second kappa shape index (κ2) is 2.93. The van der Waals surface area contributed by atoms with Crippen molar-refractivity contribution in [3.8, 4) is 0 Å². The van der Waals surface area contributed by atoms with Crippen molar-refractivity contribution in [2.75, 3.05) is 0 Å². The predicted molar refractivity (Wildman–Crippen MR) is 52.1 cm³/mol. The fourth-order valence-electron chi connectivity index (χ4n) is 1.86. The van der Waals surface area contributed by atoms with Gasteiger partial charge in [-0.1, -0.05) is 43.7 Å². The molecule has 0 radical (unpaired) electrons. The van der Waals surface area contributed by atoms with Crippen LogP contribution in [-0.2, 0) is 6.42 Å². The molecule has 0 aliphatic heterocycles. The molecule has 0 bridgehead atoms. The van der Waals surface area contributed by atoms with Crippen LogP contribution >= 0.6 is 0 Å². The molecule has 0 amide bonds. The Kier molecular flexibility index (Phi) is 1.92. The summed E-state index contributed by atoms with van der Waals surface area (Å²) in [5.74, 6) is 0. The Labute approximate surface area is 74.6 Å². The summed E-state index contributed by atoms with van der Waals surface area (Å²) in [5.41, 5.74) is 2.21. The van der Waals surface area contributed by atoms with Crippen LogP contribution in [0.15, 0.2) is 30.3 Å². The first-order valence-corrected chi connectivity index (χ1v) is 4.89. The van der Waals surface area contributed by atoms with E-state index in [2.05, 4.69) is 37.3 Å². The summed E-state index contributed by atoms with van der Waals surface area (Å²) in [4.78, 5) is 0. The molecule has 1 aliphatic rings. The van der Waals surface area contributed by atoms with Crippen molar-refractivity contribution in [3.05, 3.63) is 35.9 Å². The minimum Gasteiger partial charge on any atom is -0.0648 e. The van der Waals surface area contributed by atoms with E-state index in [1.54, 1.807) is 0 Å². The summed E-state index contributed by atoms with van der Waals surface area (Å²) in [5, 5.41) is 0. The molecule has 0 unspecified atom stereocenters. The third-order valence-corrected chi connectivity index (χ3v) is 3.13. The fourth-order valence-corrected chi connectivity index (χ4v) is 1.86. The van der Waals surface area contributed by atoms with Crippen molar-refractivity contribution in [1.82, 2.24) is 0 Å². The van der Waals surface area contributed by atoms with Crippen molar-refractivity contribution >= 4 is 0 Å². The zero-order valence-corrected chi connectivity index (χ0v) is 7.72. The molecule has 1 aromatic rings. The van der Waals surface area contributed by atoms with Gasteiger partial charge < -0.3 is 0 Å². The van der Waals surface area contributed by atoms with Gasteiger partial charge >= 0.3 is 0 Å². The molecular weight excluding hydrogens is 144 g/mol. The van der Waals surface area contributed by atoms with Crippen molar-refractivity contribution in [3.63, 3.8) is 0 Å². The maximum atomic E-state index is 2.32. The molecular formula is C12H16. The lowest BCUT2D eigenvalue weighted by molar-refractivity contribution is 0.488. The Morgan fingerprint density at radius 1 is 1.17 bits per heavy atom. The van der Waals surface area contributed by atoms with Gasteiger partial charge in [-0.15, -0.1) is 0 Å². The fraction of sp³-hybridized carbons (Fsp3) is 0.500. The molecule has 1 fully saturated rings. The molecule has 0 heteroatoms. The third kappa shape index (κ3) is 1.52. The zero-order valence-electron chi connectivity index (χ0n) is 7.72. The molecule has 2 rings (SSSR count). The first kappa shape index (κ1) is 7.85. The molecule has 1 saturated carbocycles. The number of hydrogen-bond donors (Lipinski definition) is 0. The standard InChI is InChI=1S/C12H16/c1-2-12(8-9-12)10-11-6-4-3-5-7-11/h3-7H,2,8-10H2,1H3. The van der Waals surface area contributed by atoms with Crippen LogP contribution in [0.4, 0.5) is 0 Å². The second-order valence-electron chi connectivity index (χ2n) is 4.02. The van der Waals surface area contributed by atoms with Crippen LogP contribution in [-0.4, -0.2) is 0 Å². The molecule has 0 atom stereocenters. The maximum absolute atomic E-state index is 2.32. The Bertz CT molecular complexity index is 244. The van der Waals surface area contributed by atoms with Crippen LogP contribution in [0, 0.1) is 5.41 Å². The zero-order chi connectivity index (χ0) is 8.44. The summed E-state index contributed by atoms with van der Waals surface area (Å²) in [6, 6.07) is 10.9. The highest BCUT2D eigenvalue weighted by molar-refractivity contribution is 5.18. The highest BCUT2D eigenvalue weighted by Crippen LogP contribution is 2.50. The van der Waals surface area contributed by atoms with Crippen molar-refractivity contribution in [2.24, 2.45) is 5.41 Å². The van der Waals surface area contributed by atoms with Gasteiger partial charge in [-0.3, -0.25) is 0 Å². The number of benzene rings is 1. The van der Waals surface area contributed by atoms with Gasteiger partial charge in [-0.2, -0.15) is 0 Å². The number of rotatable bonds is 3. The summed E-state index contributed by atoms with van der Waals surface area (Å²) in [7, 11) is 0. The Morgan fingerprint density at radius 2 is 1.83 bits per heavy atom. The minimum absolute atomic E-state index is 0.696. The van der Waals surface area contributed by atoms with Gasteiger partial charge in [0.2, 0.25) is 0 Å². The van der Waals surface area contributed by atoms with E-state index >= 15 is 0 Å². The molecule has 0 spiro atoms. The van der Waals surface area contributed by atoms with Crippen molar-refractivity contribution in [2.45, 2.75) is 32.6 Å². The van der Waals surface area contributed by atoms with E-state index < -0.39 is 0 Å². The summed E-state index contributed by atoms with van der Waals surface area (Å²) in [6.45, 7) is 2.32. The highest BCUT2D eigenvalue weighted by atomic mass is 14.4. The molecule has 0 nitrogen and oxygen atoms in total. The average molecular weight is 160 g/mol. The molecule has 0 heterocycles. The van der Waals surface area contributed by atoms with Crippen molar-refractivity contribution < 1.29 is 0 Å². The van der Waals surface area contributed by atoms with Gasteiger partial charge in [0.05, 0.1) is 0 Å². The third-order valence-electron chi connectivity index (χ3n) is 3.13. The van der Waals surface area contributed by atoms with Crippen LogP contribution in [0.2, 0.25) is 0 Å². The average Bonchev–Trinajstić information content (AvgIpc) is 2.88. The van der Waals surface area contributed by atoms with E-state index in [-0.39, 0.29) is 0 Å². The van der Waals surface area contributed by atoms with Crippen molar-refractivity contribution in [1.29, 1.82) is 0 Å². The van der Waals surface area contributed by atoms with E-state index in [4.69, 9.17) is 0 Å². The lowest BCUT2D eigenvalue weighted by Crippen LogP contribution is -2.02. The van der Waals surface area contributed by atoms with Gasteiger partial charge in [-0.25, -0.2) is 0 Å². The summed E-state index contributed by atoms with van der Waals surface area (Å²) in [6.07, 6.45) is 5.53. The normalized spacial score (nSPS) is 19.1. The SMILES string of the molecule is CCC1(Cc2ccccc2)CC1. The molecule has 0 aromatic heterocycles. The van der Waals surface area contributed by atoms with Crippen LogP contribution in [0.5, 0.6) is 0 Å². The smallest absolute Gasteiger partial charge is 0.0222 e. The van der Waals surface area contributed by atoms with E-state index in [0.29, 0.717) is 5.41 Å². The molecule has 0 N–H and O–H groups in total. The Balaban J connectivity index is 2.04. The lowest BCUT2D eigenvalue weighted by Gasteiger charge is -2.11. The molecule has 64 valence electrons. The van der Waals surface area contributed by atoms with E-state index in [9.17, 15) is 0 Å². The number of hydrogen-bond acceptors (Lipinski definition) is 0. The van der Waals surface area contributed by atoms with Gasteiger partial charge in [0, 0.05) is 0 Å². The Morgan fingerprint density at radius 3 is 2.33 bits per heavy atom. The van der Waals surface area contributed by atoms with E-state index in [1.165, 1.54) is 31.2 Å². The van der Waals surface area contributed by atoms with Crippen LogP contribution in [0.1, 0.15) is 31.7 Å². The second-order valence-corrected chi connectivity index (χ2v) is 4.02. The topological polar surface area (TPSA) is 0 Å². The first-order chi connectivity index (χ1) is 5.85. The van der Waals surface area contributed by atoms with Gasteiger partial charge in [-0.05, 0) is 30.2 Å². The molecule has 12 heavy (non-hydrogen) atoms.